The Hall–Kier alpha value is -2.00. The normalized spacial score (nSPS) is 10.0. The molecule has 0 heterocycles. The van der Waals surface area contributed by atoms with Gasteiger partial charge in [-0.2, -0.15) is 0 Å². The summed E-state index contributed by atoms with van der Waals surface area (Å²) >= 11 is 6.06. The van der Waals surface area contributed by atoms with Gasteiger partial charge in [0.25, 0.3) is 0 Å². The molecule has 0 saturated carbocycles. The van der Waals surface area contributed by atoms with Gasteiger partial charge in [-0.05, 0) is 24.3 Å². The molecule has 4 heteroatoms. The summed E-state index contributed by atoms with van der Waals surface area (Å²) in [6.07, 6.45) is 0.766. The molecule has 0 atom stereocenters. The zero-order chi connectivity index (χ0) is 13.7. The Kier molecular flexibility index (Phi) is 4.42. The highest BCUT2D eigenvalue weighted by atomic mass is 35.5. The minimum atomic E-state index is 0.318. The minimum absolute atomic E-state index is 0.318. The Labute approximate surface area is 116 Å². The number of hydrogen-bond acceptors (Lipinski definition) is 3. The molecule has 0 saturated heterocycles. The smallest absolute Gasteiger partial charge is 0.162 e. The van der Waals surface area contributed by atoms with E-state index in [4.69, 9.17) is 21.1 Å². The Morgan fingerprint density at radius 3 is 2.63 bits per heavy atom. The Morgan fingerprint density at radius 2 is 1.95 bits per heavy atom. The average Bonchev–Trinajstić information content (AvgIpc) is 2.46. The summed E-state index contributed by atoms with van der Waals surface area (Å²) in [7, 11) is 1.55. The van der Waals surface area contributed by atoms with Crippen molar-refractivity contribution < 1.29 is 14.3 Å². The monoisotopic (exact) mass is 276 g/mol. The number of carbonyl (C=O) groups excluding carboxylic acids is 1. The SMILES string of the molecule is COc1ccc(C=O)cc1OCc1ccccc1Cl. The second kappa shape index (κ2) is 6.25. The molecule has 0 aliphatic rings. The van der Waals surface area contributed by atoms with Crippen molar-refractivity contribution >= 4 is 17.9 Å². The molecule has 2 aromatic rings. The predicted molar refractivity (Wildman–Crippen MR) is 74.2 cm³/mol. The van der Waals surface area contributed by atoms with Gasteiger partial charge in [0.05, 0.1) is 7.11 Å². The molecule has 19 heavy (non-hydrogen) atoms. The summed E-state index contributed by atoms with van der Waals surface area (Å²) in [6, 6.07) is 12.5. The van der Waals surface area contributed by atoms with Crippen LogP contribution in [-0.2, 0) is 6.61 Å². The molecule has 0 aliphatic carbocycles. The van der Waals surface area contributed by atoms with Crippen LogP contribution < -0.4 is 9.47 Å². The van der Waals surface area contributed by atoms with Crippen LogP contribution in [0, 0.1) is 0 Å². The van der Waals surface area contributed by atoms with Crippen LogP contribution in [0.1, 0.15) is 15.9 Å². The van der Waals surface area contributed by atoms with Crippen LogP contribution in [0.4, 0.5) is 0 Å². The van der Waals surface area contributed by atoms with Crippen LogP contribution in [0.5, 0.6) is 11.5 Å². The molecule has 98 valence electrons. The summed E-state index contributed by atoms with van der Waals surface area (Å²) in [5.41, 5.74) is 1.41. The highest BCUT2D eigenvalue weighted by Crippen LogP contribution is 2.29. The van der Waals surface area contributed by atoms with Gasteiger partial charge in [0.2, 0.25) is 0 Å². The Morgan fingerprint density at radius 1 is 1.16 bits per heavy atom. The van der Waals surface area contributed by atoms with Crippen molar-refractivity contribution in [3.05, 3.63) is 58.6 Å². The van der Waals surface area contributed by atoms with Gasteiger partial charge in [0.15, 0.2) is 11.5 Å². The first-order valence-electron chi connectivity index (χ1n) is 5.74. The van der Waals surface area contributed by atoms with Gasteiger partial charge >= 0.3 is 0 Å². The van der Waals surface area contributed by atoms with Crippen molar-refractivity contribution in [3.63, 3.8) is 0 Å². The molecule has 0 fully saturated rings. The van der Waals surface area contributed by atoms with Gasteiger partial charge in [-0.25, -0.2) is 0 Å². The van der Waals surface area contributed by atoms with E-state index in [1.54, 1.807) is 31.4 Å². The zero-order valence-corrected chi connectivity index (χ0v) is 11.2. The second-order valence-corrected chi connectivity index (χ2v) is 4.32. The molecule has 2 rings (SSSR count). The molecule has 2 aromatic carbocycles. The van der Waals surface area contributed by atoms with E-state index in [2.05, 4.69) is 0 Å². The van der Waals surface area contributed by atoms with Gasteiger partial charge in [0.1, 0.15) is 12.9 Å². The zero-order valence-electron chi connectivity index (χ0n) is 10.4. The molecule has 0 spiro atoms. The molecule has 3 nitrogen and oxygen atoms in total. The van der Waals surface area contributed by atoms with Crippen LogP contribution in [0.3, 0.4) is 0 Å². The maximum Gasteiger partial charge on any atom is 0.162 e. The van der Waals surface area contributed by atoms with E-state index in [9.17, 15) is 4.79 Å². The standard InChI is InChI=1S/C15H13ClO3/c1-18-14-7-6-11(9-17)8-15(14)19-10-12-4-2-3-5-13(12)16/h2-9H,10H2,1H3. The van der Waals surface area contributed by atoms with Gasteiger partial charge in [-0.1, -0.05) is 29.8 Å². The summed E-state index contributed by atoms with van der Waals surface area (Å²) < 4.78 is 10.9. The third-order valence-corrected chi connectivity index (χ3v) is 3.03. The van der Waals surface area contributed by atoms with Crippen LogP contribution in [0.25, 0.3) is 0 Å². The fourth-order valence-electron chi connectivity index (χ4n) is 1.65. The second-order valence-electron chi connectivity index (χ2n) is 3.91. The predicted octanol–water partition coefficient (Wildman–Crippen LogP) is 3.74. The first kappa shape index (κ1) is 13.4. The first-order valence-corrected chi connectivity index (χ1v) is 6.12. The highest BCUT2D eigenvalue weighted by Gasteiger charge is 2.07. The highest BCUT2D eigenvalue weighted by molar-refractivity contribution is 6.31. The average molecular weight is 277 g/mol. The van der Waals surface area contributed by atoms with Crippen molar-refractivity contribution in [2.24, 2.45) is 0 Å². The maximum atomic E-state index is 10.8. The van der Waals surface area contributed by atoms with E-state index < -0.39 is 0 Å². The van der Waals surface area contributed by atoms with Crippen molar-refractivity contribution in [1.82, 2.24) is 0 Å². The van der Waals surface area contributed by atoms with E-state index in [1.165, 1.54) is 0 Å². The van der Waals surface area contributed by atoms with Crippen molar-refractivity contribution in [2.75, 3.05) is 7.11 Å². The molecular weight excluding hydrogens is 264 g/mol. The van der Waals surface area contributed by atoms with E-state index in [1.807, 2.05) is 18.2 Å². The molecule has 0 aliphatic heterocycles. The number of hydrogen-bond donors (Lipinski definition) is 0. The lowest BCUT2D eigenvalue weighted by molar-refractivity contribution is 0.112. The molecule has 0 bridgehead atoms. The fraction of sp³-hybridized carbons (Fsp3) is 0.133. The lowest BCUT2D eigenvalue weighted by Gasteiger charge is -2.11. The van der Waals surface area contributed by atoms with Gasteiger partial charge in [-0.15, -0.1) is 0 Å². The third kappa shape index (κ3) is 3.26. The van der Waals surface area contributed by atoms with Gasteiger partial charge in [-0.3, -0.25) is 4.79 Å². The minimum Gasteiger partial charge on any atom is -0.493 e. The lowest BCUT2D eigenvalue weighted by atomic mass is 10.2. The quantitative estimate of drug-likeness (QED) is 0.781. The number of aldehydes is 1. The molecule has 0 radical (unpaired) electrons. The summed E-state index contributed by atoms with van der Waals surface area (Å²) in [4.78, 5) is 10.8. The van der Waals surface area contributed by atoms with E-state index in [0.717, 1.165) is 11.8 Å². The van der Waals surface area contributed by atoms with Crippen LogP contribution in [0.15, 0.2) is 42.5 Å². The summed E-state index contributed by atoms with van der Waals surface area (Å²) in [5.74, 6) is 1.10. The number of methoxy groups -OCH3 is 1. The number of benzene rings is 2. The van der Waals surface area contributed by atoms with E-state index in [0.29, 0.717) is 28.7 Å². The third-order valence-electron chi connectivity index (χ3n) is 2.66. The largest absolute Gasteiger partial charge is 0.493 e. The Balaban J connectivity index is 2.19. The van der Waals surface area contributed by atoms with Crippen LogP contribution in [0.2, 0.25) is 5.02 Å². The summed E-state index contributed by atoms with van der Waals surface area (Å²) in [6.45, 7) is 0.318. The van der Waals surface area contributed by atoms with E-state index >= 15 is 0 Å². The maximum absolute atomic E-state index is 10.8. The fourth-order valence-corrected chi connectivity index (χ4v) is 1.84. The van der Waals surface area contributed by atoms with Crippen molar-refractivity contribution in [2.45, 2.75) is 6.61 Å². The number of ether oxygens (including phenoxy) is 2. The van der Waals surface area contributed by atoms with Gasteiger partial charge < -0.3 is 9.47 Å². The van der Waals surface area contributed by atoms with Crippen LogP contribution >= 0.6 is 11.6 Å². The van der Waals surface area contributed by atoms with Crippen molar-refractivity contribution in [1.29, 1.82) is 0 Å². The number of carbonyl (C=O) groups is 1. The molecular formula is C15H13ClO3. The first-order chi connectivity index (χ1) is 9.24. The molecule has 0 N–H and O–H groups in total. The topological polar surface area (TPSA) is 35.5 Å². The number of rotatable bonds is 5. The van der Waals surface area contributed by atoms with Gasteiger partial charge in [0, 0.05) is 16.1 Å². The lowest BCUT2D eigenvalue weighted by Crippen LogP contribution is -1.99. The van der Waals surface area contributed by atoms with E-state index in [-0.39, 0.29) is 0 Å². The number of halogens is 1. The van der Waals surface area contributed by atoms with Crippen LogP contribution in [-0.4, -0.2) is 13.4 Å². The summed E-state index contributed by atoms with van der Waals surface area (Å²) in [5, 5.41) is 0.646. The van der Waals surface area contributed by atoms with Crippen molar-refractivity contribution in [3.8, 4) is 11.5 Å². The molecule has 0 unspecified atom stereocenters. The molecule has 0 aromatic heterocycles. The molecule has 0 amide bonds. The Bertz CT molecular complexity index is 581.